The van der Waals surface area contributed by atoms with E-state index in [4.69, 9.17) is 14.3 Å². The van der Waals surface area contributed by atoms with Crippen molar-refractivity contribution < 1.29 is 24.2 Å². The van der Waals surface area contributed by atoms with Gasteiger partial charge in [-0.3, -0.25) is 4.79 Å². The molecule has 0 radical (unpaired) electrons. The van der Waals surface area contributed by atoms with Crippen molar-refractivity contribution in [2.45, 2.75) is 45.4 Å². The van der Waals surface area contributed by atoms with Crippen LogP contribution in [0.4, 0.5) is 0 Å². The third kappa shape index (κ3) is 3.48. The van der Waals surface area contributed by atoms with E-state index in [2.05, 4.69) is 5.16 Å². The Balaban J connectivity index is 1.90. The van der Waals surface area contributed by atoms with E-state index in [1.54, 1.807) is 0 Å². The predicted molar refractivity (Wildman–Crippen MR) is 93.2 cm³/mol. The molecule has 134 valence electrons. The summed E-state index contributed by atoms with van der Waals surface area (Å²) in [6.45, 7) is 4.44. The van der Waals surface area contributed by atoms with Gasteiger partial charge in [0, 0.05) is 24.3 Å². The molecule has 0 saturated carbocycles. The van der Waals surface area contributed by atoms with Crippen LogP contribution in [0.2, 0.25) is 0 Å². The Morgan fingerprint density at radius 3 is 2.88 bits per heavy atom. The van der Waals surface area contributed by atoms with Gasteiger partial charge in [-0.25, -0.2) is 0 Å². The second kappa shape index (κ2) is 7.59. The van der Waals surface area contributed by atoms with Gasteiger partial charge in [0.1, 0.15) is 12.4 Å². The van der Waals surface area contributed by atoms with Crippen molar-refractivity contribution in [1.82, 2.24) is 0 Å². The van der Waals surface area contributed by atoms with Crippen molar-refractivity contribution in [3.8, 4) is 11.5 Å². The van der Waals surface area contributed by atoms with Gasteiger partial charge in [-0.1, -0.05) is 30.6 Å². The fourth-order valence-electron chi connectivity index (χ4n) is 3.31. The van der Waals surface area contributed by atoms with E-state index in [0.29, 0.717) is 48.7 Å². The van der Waals surface area contributed by atoms with Crippen LogP contribution in [0, 0.1) is 0 Å². The van der Waals surface area contributed by atoms with Crippen LogP contribution in [-0.2, 0) is 9.63 Å². The largest absolute Gasteiger partial charge is 0.511 e. The van der Waals surface area contributed by atoms with Gasteiger partial charge in [0.2, 0.25) is 6.79 Å². The standard InChI is InChI=1S/C19H23NO5/c1-3-6-14(20-25-4-2)18-15(21)9-12(10-16(18)22)13-7-5-8-17-19(13)24-11-23-17/h5,7-8,12,21H,3-4,6,9-11H2,1-2H3/b20-14+. The first-order valence-electron chi connectivity index (χ1n) is 8.68. The van der Waals surface area contributed by atoms with Crippen LogP contribution in [0.1, 0.15) is 51.0 Å². The maximum atomic E-state index is 12.7. The maximum Gasteiger partial charge on any atom is 0.231 e. The molecule has 1 N–H and O–H groups in total. The Labute approximate surface area is 147 Å². The zero-order chi connectivity index (χ0) is 17.8. The minimum absolute atomic E-state index is 0.0738. The van der Waals surface area contributed by atoms with E-state index in [0.717, 1.165) is 12.0 Å². The number of ether oxygens (including phenoxy) is 2. The van der Waals surface area contributed by atoms with Crippen molar-refractivity contribution in [3.63, 3.8) is 0 Å². The molecule has 1 heterocycles. The molecule has 6 heteroatoms. The molecule has 0 aromatic heterocycles. The van der Waals surface area contributed by atoms with E-state index >= 15 is 0 Å². The molecule has 0 bridgehead atoms. The van der Waals surface area contributed by atoms with Crippen molar-refractivity contribution in [2.24, 2.45) is 5.16 Å². The summed E-state index contributed by atoms with van der Waals surface area (Å²) in [6.07, 6.45) is 2.08. The zero-order valence-electron chi connectivity index (χ0n) is 14.6. The molecular weight excluding hydrogens is 322 g/mol. The summed E-state index contributed by atoms with van der Waals surface area (Å²) in [5.74, 6) is 1.18. The molecule has 1 aromatic rings. The number of hydrogen-bond donors (Lipinski definition) is 1. The highest BCUT2D eigenvalue weighted by Gasteiger charge is 2.34. The molecule has 0 saturated heterocycles. The van der Waals surface area contributed by atoms with Crippen LogP contribution in [-0.4, -0.2) is 30.0 Å². The Kier molecular flexibility index (Phi) is 5.26. The summed E-state index contributed by atoms with van der Waals surface area (Å²) in [6, 6.07) is 5.64. The Bertz CT molecular complexity index is 723. The van der Waals surface area contributed by atoms with Gasteiger partial charge in [-0.2, -0.15) is 0 Å². The molecule has 1 unspecified atom stereocenters. The number of aliphatic hydroxyl groups is 1. The van der Waals surface area contributed by atoms with Gasteiger partial charge >= 0.3 is 0 Å². The van der Waals surface area contributed by atoms with Crippen molar-refractivity contribution in [3.05, 3.63) is 35.1 Å². The van der Waals surface area contributed by atoms with Gasteiger partial charge in [-0.15, -0.1) is 0 Å². The number of oxime groups is 1. The normalized spacial score (nSPS) is 20.2. The van der Waals surface area contributed by atoms with Crippen LogP contribution in [0.25, 0.3) is 0 Å². The Morgan fingerprint density at radius 1 is 1.32 bits per heavy atom. The number of rotatable bonds is 6. The van der Waals surface area contributed by atoms with Gasteiger partial charge in [0.15, 0.2) is 17.3 Å². The monoisotopic (exact) mass is 345 g/mol. The van der Waals surface area contributed by atoms with Crippen LogP contribution in [0.5, 0.6) is 11.5 Å². The molecule has 1 aliphatic heterocycles. The molecule has 0 fully saturated rings. The van der Waals surface area contributed by atoms with Crippen molar-refractivity contribution in [2.75, 3.05) is 13.4 Å². The Hall–Kier alpha value is -2.50. The number of Topliss-reactive ketones (excluding diaryl/α,β-unsaturated/α-hetero) is 1. The summed E-state index contributed by atoms with van der Waals surface area (Å²) in [5, 5.41) is 14.6. The number of benzene rings is 1. The molecule has 3 rings (SSSR count). The average Bonchev–Trinajstić information content (AvgIpc) is 3.07. The average molecular weight is 345 g/mol. The van der Waals surface area contributed by atoms with Crippen LogP contribution in [0.15, 0.2) is 34.7 Å². The SMILES string of the molecule is CCC/C(=N\OCC)C1=C(O)CC(c2cccc3c2OCO3)CC1=O. The second-order valence-electron chi connectivity index (χ2n) is 6.14. The zero-order valence-corrected chi connectivity index (χ0v) is 14.6. The fraction of sp³-hybridized carbons (Fsp3) is 0.474. The number of nitrogens with zero attached hydrogens (tertiary/aromatic N) is 1. The number of carbonyl (C=O) groups is 1. The highest BCUT2D eigenvalue weighted by Crippen LogP contribution is 2.44. The summed E-state index contributed by atoms with van der Waals surface area (Å²) >= 11 is 0. The topological polar surface area (TPSA) is 77.3 Å². The quantitative estimate of drug-likeness (QED) is 0.625. The van der Waals surface area contributed by atoms with E-state index in [1.165, 1.54) is 0 Å². The first-order valence-corrected chi connectivity index (χ1v) is 8.68. The third-order valence-corrected chi connectivity index (χ3v) is 4.39. The van der Waals surface area contributed by atoms with E-state index < -0.39 is 0 Å². The van der Waals surface area contributed by atoms with Crippen molar-refractivity contribution >= 4 is 11.5 Å². The molecule has 2 aliphatic rings. The lowest BCUT2D eigenvalue weighted by Gasteiger charge is -2.25. The summed E-state index contributed by atoms with van der Waals surface area (Å²) < 4.78 is 10.9. The molecule has 1 atom stereocenters. The molecular formula is C19H23NO5. The highest BCUT2D eigenvalue weighted by molar-refractivity contribution is 6.23. The summed E-state index contributed by atoms with van der Waals surface area (Å²) in [5.41, 5.74) is 1.74. The summed E-state index contributed by atoms with van der Waals surface area (Å²) in [7, 11) is 0. The maximum absolute atomic E-state index is 12.7. The van der Waals surface area contributed by atoms with Crippen LogP contribution in [0.3, 0.4) is 0 Å². The molecule has 0 spiro atoms. The smallest absolute Gasteiger partial charge is 0.231 e. The lowest BCUT2D eigenvalue weighted by molar-refractivity contribution is -0.116. The minimum Gasteiger partial charge on any atom is -0.511 e. The van der Waals surface area contributed by atoms with E-state index in [-0.39, 0.29) is 24.3 Å². The lowest BCUT2D eigenvalue weighted by Crippen LogP contribution is -2.24. The molecule has 1 aromatic carbocycles. The number of aliphatic hydroxyl groups excluding tert-OH is 1. The molecule has 0 amide bonds. The number of allylic oxidation sites excluding steroid dienone is 2. The van der Waals surface area contributed by atoms with Gasteiger partial charge in [-0.05, 0) is 19.4 Å². The lowest BCUT2D eigenvalue weighted by atomic mass is 9.80. The minimum atomic E-state index is -0.136. The predicted octanol–water partition coefficient (Wildman–Crippen LogP) is 3.87. The summed E-state index contributed by atoms with van der Waals surface area (Å²) in [4.78, 5) is 17.9. The number of ketones is 1. The first kappa shape index (κ1) is 17.3. The van der Waals surface area contributed by atoms with E-state index in [1.807, 2.05) is 32.0 Å². The van der Waals surface area contributed by atoms with Gasteiger partial charge in [0.05, 0.1) is 11.3 Å². The Morgan fingerprint density at radius 2 is 2.16 bits per heavy atom. The van der Waals surface area contributed by atoms with E-state index in [9.17, 15) is 9.90 Å². The number of para-hydroxylation sites is 1. The number of fused-ring (bicyclic) bond motifs is 1. The number of carbonyl (C=O) groups excluding carboxylic acids is 1. The molecule has 1 aliphatic carbocycles. The third-order valence-electron chi connectivity index (χ3n) is 4.39. The highest BCUT2D eigenvalue weighted by atomic mass is 16.7. The van der Waals surface area contributed by atoms with Gasteiger partial charge < -0.3 is 19.4 Å². The first-order chi connectivity index (χ1) is 12.2. The van der Waals surface area contributed by atoms with Crippen LogP contribution < -0.4 is 9.47 Å². The van der Waals surface area contributed by atoms with Crippen molar-refractivity contribution in [1.29, 1.82) is 0 Å². The van der Waals surface area contributed by atoms with Crippen LogP contribution >= 0.6 is 0 Å². The second-order valence-corrected chi connectivity index (χ2v) is 6.14. The number of hydrogen-bond acceptors (Lipinski definition) is 6. The fourth-order valence-corrected chi connectivity index (χ4v) is 3.31. The van der Waals surface area contributed by atoms with Gasteiger partial charge in [0.25, 0.3) is 0 Å². The molecule has 6 nitrogen and oxygen atoms in total. The molecule has 25 heavy (non-hydrogen) atoms.